The standard InChI is InChI=1S/C14H15N3OS/c1-8-12(9(2)18)13(10-4-3-5-16-7-10)11(6-15)14(19)17-8/h3-5,7,11,13-14,17,19H,1-2H3/t11-,13-,14-/m1/s1. The van der Waals surface area contributed by atoms with E-state index in [4.69, 9.17) is 0 Å². The van der Waals surface area contributed by atoms with Crippen molar-refractivity contribution in [2.24, 2.45) is 5.92 Å². The van der Waals surface area contributed by atoms with Gasteiger partial charge in [-0.15, -0.1) is 0 Å². The lowest BCUT2D eigenvalue weighted by molar-refractivity contribution is -0.114. The van der Waals surface area contributed by atoms with E-state index in [1.54, 1.807) is 12.4 Å². The molecule has 1 aliphatic heterocycles. The topological polar surface area (TPSA) is 65.8 Å². The zero-order valence-electron chi connectivity index (χ0n) is 10.8. The Morgan fingerprint density at radius 2 is 2.32 bits per heavy atom. The van der Waals surface area contributed by atoms with Gasteiger partial charge in [0.2, 0.25) is 0 Å². The lowest BCUT2D eigenvalue weighted by atomic mass is 9.77. The first-order valence-corrected chi connectivity index (χ1v) is 6.53. The highest BCUT2D eigenvalue weighted by molar-refractivity contribution is 7.80. The normalized spacial score (nSPS) is 26.5. The molecule has 98 valence electrons. The number of nitrogens with zero attached hydrogens (tertiary/aromatic N) is 2. The van der Waals surface area contributed by atoms with Gasteiger partial charge >= 0.3 is 0 Å². The van der Waals surface area contributed by atoms with Gasteiger partial charge in [-0.1, -0.05) is 6.07 Å². The van der Waals surface area contributed by atoms with Crippen molar-refractivity contribution >= 4 is 18.4 Å². The van der Waals surface area contributed by atoms with Crippen LogP contribution in [0.4, 0.5) is 0 Å². The number of hydrogen-bond acceptors (Lipinski definition) is 5. The molecule has 5 heteroatoms. The molecular formula is C14H15N3OS. The Kier molecular flexibility index (Phi) is 3.91. The van der Waals surface area contributed by atoms with Gasteiger partial charge in [-0.3, -0.25) is 9.78 Å². The summed E-state index contributed by atoms with van der Waals surface area (Å²) in [7, 11) is 0. The van der Waals surface area contributed by atoms with Crippen LogP contribution in [0, 0.1) is 17.2 Å². The van der Waals surface area contributed by atoms with Crippen LogP contribution in [0.3, 0.4) is 0 Å². The lowest BCUT2D eigenvalue weighted by Crippen LogP contribution is -2.41. The number of nitrogens with one attached hydrogen (secondary N) is 1. The summed E-state index contributed by atoms with van der Waals surface area (Å²) in [4.78, 5) is 16.0. The molecule has 2 heterocycles. The molecule has 3 atom stereocenters. The number of allylic oxidation sites excluding steroid dienone is 2. The molecule has 0 radical (unpaired) electrons. The van der Waals surface area contributed by atoms with Gasteiger partial charge in [0.25, 0.3) is 0 Å². The lowest BCUT2D eigenvalue weighted by Gasteiger charge is -2.35. The maximum Gasteiger partial charge on any atom is 0.158 e. The van der Waals surface area contributed by atoms with Crippen molar-refractivity contribution in [1.29, 1.82) is 5.26 Å². The molecule has 0 amide bonds. The van der Waals surface area contributed by atoms with Gasteiger partial charge in [-0.2, -0.15) is 17.9 Å². The number of thiol groups is 1. The van der Waals surface area contributed by atoms with Gasteiger partial charge in [0, 0.05) is 29.6 Å². The van der Waals surface area contributed by atoms with Crippen LogP contribution < -0.4 is 5.32 Å². The van der Waals surface area contributed by atoms with Crippen LogP contribution in [0.1, 0.15) is 25.3 Å². The minimum absolute atomic E-state index is 0.0284. The molecular weight excluding hydrogens is 258 g/mol. The Morgan fingerprint density at radius 1 is 1.58 bits per heavy atom. The second-order valence-corrected chi connectivity index (χ2v) is 5.16. The van der Waals surface area contributed by atoms with Crippen LogP contribution in [-0.4, -0.2) is 16.1 Å². The van der Waals surface area contributed by atoms with E-state index in [-0.39, 0.29) is 17.1 Å². The number of ketones is 1. The summed E-state index contributed by atoms with van der Waals surface area (Å²) in [5.41, 5.74) is 2.30. The Labute approximate surface area is 117 Å². The van der Waals surface area contributed by atoms with Gasteiger partial charge in [-0.25, -0.2) is 0 Å². The van der Waals surface area contributed by atoms with E-state index >= 15 is 0 Å². The number of carbonyl (C=O) groups excluding carboxylic acids is 1. The average Bonchev–Trinajstić information content (AvgIpc) is 2.38. The monoisotopic (exact) mass is 273 g/mol. The van der Waals surface area contributed by atoms with Gasteiger partial charge in [0.05, 0.1) is 17.4 Å². The van der Waals surface area contributed by atoms with Crippen molar-refractivity contribution < 1.29 is 4.79 Å². The minimum atomic E-state index is -0.407. The molecule has 0 bridgehead atoms. The molecule has 1 aromatic heterocycles. The Balaban J connectivity index is 2.59. The van der Waals surface area contributed by atoms with Crippen molar-refractivity contribution in [3.05, 3.63) is 41.4 Å². The highest BCUT2D eigenvalue weighted by Crippen LogP contribution is 2.39. The molecule has 0 aromatic carbocycles. The molecule has 1 aromatic rings. The maximum atomic E-state index is 11.9. The Bertz CT molecular complexity index is 562. The number of Topliss-reactive ketones (excluding diaryl/α,β-unsaturated/α-hetero) is 1. The van der Waals surface area contributed by atoms with Crippen LogP contribution in [-0.2, 0) is 4.79 Å². The molecule has 0 saturated heterocycles. The molecule has 0 unspecified atom stereocenters. The second kappa shape index (κ2) is 5.45. The predicted octanol–water partition coefficient (Wildman–Crippen LogP) is 2.03. The van der Waals surface area contributed by atoms with Gasteiger partial charge in [0.15, 0.2) is 5.78 Å². The molecule has 4 nitrogen and oxygen atoms in total. The van der Waals surface area contributed by atoms with Crippen LogP contribution >= 0.6 is 12.6 Å². The second-order valence-electron chi connectivity index (χ2n) is 4.60. The van der Waals surface area contributed by atoms with E-state index in [1.165, 1.54) is 6.92 Å². The largest absolute Gasteiger partial charge is 0.375 e. The Morgan fingerprint density at radius 3 is 2.84 bits per heavy atom. The summed E-state index contributed by atoms with van der Waals surface area (Å²) >= 11 is 4.41. The molecule has 1 N–H and O–H groups in total. The molecule has 19 heavy (non-hydrogen) atoms. The van der Waals surface area contributed by atoms with Crippen LogP contribution in [0.2, 0.25) is 0 Å². The molecule has 0 aliphatic carbocycles. The summed E-state index contributed by atoms with van der Waals surface area (Å²) in [5, 5.41) is 12.2. The van der Waals surface area contributed by atoms with Crippen molar-refractivity contribution in [3.63, 3.8) is 0 Å². The summed E-state index contributed by atoms with van der Waals surface area (Å²) in [6.45, 7) is 3.37. The van der Waals surface area contributed by atoms with Crippen LogP contribution in [0.25, 0.3) is 0 Å². The smallest absolute Gasteiger partial charge is 0.158 e. The van der Waals surface area contributed by atoms with E-state index in [0.717, 1.165) is 11.3 Å². The fourth-order valence-electron chi connectivity index (χ4n) is 2.55. The molecule has 2 rings (SSSR count). The number of nitriles is 1. The maximum absolute atomic E-state index is 11.9. The third-order valence-electron chi connectivity index (χ3n) is 3.35. The van der Waals surface area contributed by atoms with Crippen LogP contribution in [0.15, 0.2) is 35.8 Å². The minimum Gasteiger partial charge on any atom is -0.375 e. The number of pyridine rings is 1. The van der Waals surface area contributed by atoms with Crippen molar-refractivity contribution in [2.75, 3.05) is 0 Å². The fourth-order valence-corrected chi connectivity index (χ4v) is 2.98. The number of aromatic nitrogens is 1. The van der Waals surface area contributed by atoms with Crippen molar-refractivity contribution in [3.8, 4) is 6.07 Å². The summed E-state index contributed by atoms with van der Waals surface area (Å²) in [5.74, 6) is -0.714. The average molecular weight is 273 g/mol. The fraction of sp³-hybridized carbons (Fsp3) is 0.357. The number of rotatable bonds is 2. The highest BCUT2D eigenvalue weighted by Gasteiger charge is 2.38. The summed E-state index contributed by atoms with van der Waals surface area (Å²) < 4.78 is 0. The predicted molar refractivity (Wildman–Crippen MR) is 75.4 cm³/mol. The third-order valence-corrected chi connectivity index (χ3v) is 3.80. The van der Waals surface area contributed by atoms with E-state index < -0.39 is 5.92 Å². The number of carbonyl (C=O) groups is 1. The van der Waals surface area contributed by atoms with Gasteiger partial charge < -0.3 is 5.32 Å². The zero-order chi connectivity index (χ0) is 14.0. The zero-order valence-corrected chi connectivity index (χ0v) is 11.7. The molecule has 0 spiro atoms. The van der Waals surface area contributed by atoms with E-state index in [9.17, 15) is 10.1 Å². The highest BCUT2D eigenvalue weighted by atomic mass is 32.1. The molecule has 0 saturated carbocycles. The first kappa shape index (κ1) is 13.6. The quantitative estimate of drug-likeness (QED) is 0.809. The van der Waals surface area contributed by atoms with Crippen molar-refractivity contribution in [1.82, 2.24) is 10.3 Å². The summed E-state index contributed by atoms with van der Waals surface area (Å²) in [6, 6.07) is 5.96. The Hall–Kier alpha value is -1.80. The SMILES string of the molecule is CC(=O)C1=C(C)N[C@H](S)[C@H](C#N)[C@H]1c1cccnc1. The molecule has 1 aliphatic rings. The van der Waals surface area contributed by atoms with E-state index in [1.807, 2.05) is 19.1 Å². The first-order chi connectivity index (χ1) is 9.06. The van der Waals surface area contributed by atoms with E-state index in [2.05, 4.69) is 29.0 Å². The number of hydrogen-bond donors (Lipinski definition) is 2. The first-order valence-electron chi connectivity index (χ1n) is 6.02. The van der Waals surface area contributed by atoms with E-state index in [0.29, 0.717) is 5.57 Å². The van der Waals surface area contributed by atoms with Gasteiger partial charge in [0.1, 0.15) is 0 Å². The van der Waals surface area contributed by atoms with Crippen LogP contribution in [0.5, 0.6) is 0 Å². The molecule has 0 fully saturated rings. The van der Waals surface area contributed by atoms with Crippen molar-refractivity contribution in [2.45, 2.75) is 25.1 Å². The van der Waals surface area contributed by atoms with Gasteiger partial charge in [-0.05, 0) is 25.5 Å². The summed E-state index contributed by atoms with van der Waals surface area (Å²) in [6.07, 6.45) is 3.38. The third kappa shape index (κ3) is 2.49.